The van der Waals surface area contributed by atoms with Crippen LogP contribution in [-0.4, -0.2) is 17.3 Å². The predicted octanol–water partition coefficient (Wildman–Crippen LogP) is 4.00. The van der Waals surface area contributed by atoms with Crippen molar-refractivity contribution in [1.29, 1.82) is 0 Å². The molecule has 0 unspecified atom stereocenters. The third-order valence-corrected chi connectivity index (χ3v) is 4.89. The highest BCUT2D eigenvalue weighted by atomic mass is 16.7. The second-order valence-electron chi connectivity index (χ2n) is 7.27. The molecule has 6 nitrogen and oxygen atoms in total. The number of aromatic nitrogens is 1. The number of hydrogen-bond donors (Lipinski definition) is 1. The Morgan fingerprint density at radius 1 is 1.07 bits per heavy atom. The van der Waals surface area contributed by atoms with Gasteiger partial charge in [-0.05, 0) is 41.3 Å². The number of rotatable bonds is 5. The smallest absolute Gasteiger partial charge is 0.263 e. The van der Waals surface area contributed by atoms with Gasteiger partial charge in [0, 0.05) is 18.0 Å². The van der Waals surface area contributed by atoms with E-state index in [0.29, 0.717) is 29.6 Å². The number of fused-ring (bicyclic) bond motifs is 1. The van der Waals surface area contributed by atoms with Gasteiger partial charge in [0.2, 0.25) is 6.79 Å². The Kier molecular flexibility index (Phi) is 5.08. The van der Waals surface area contributed by atoms with Crippen LogP contribution in [0.1, 0.15) is 41.3 Å². The molecule has 4 rings (SSSR count). The molecule has 0 fully saturated rings. The summed E-state index contributed by atoms with van der Waals surface area (Å²) in [5.74, 6) is 1.19. The summed E-state index contributed by atoms with van der Waals surface area (Å²) < 4.78 is 12.1. The van der Waals surface area contributed by atoms with E-state index >= 15 is 0 Å². The molecule has 2 aromatic carbocycles. The van der Waals surface area contributed by atoms with E-state index in [1.165, 1.54) is 11.6 Å². The summed E-state index contributed by atoms with van der Waals surface area (Å²) in [6.07, 6.45) is 1.69. The van der Waals surface area contributed by atoms with E-state index < -0.39 is 5.91 Å². The third kappa shape index (κ3) is 4.01. The number of nitrogens with one attached hydrogen (secondary N) is 1. The Balaban J connectivity index is 1.52. The van der Waals surface area contributed by atoms with Gasteiger partial charge in [-0.3, -0.25) is 9.59 Å². The van der Waals surface area contributed by atoms with E-state index in [4.69, 9.17) is 9.47 Å². The average Bonchev–Trinajstić information content (AvgIpc) is 3.18. The molecule has 1 amide bonds. The maximum Gasteiger partial charge on any atom is 0.263 e. The Morgan fingerprint density at radius 2 is 1.83 bits per heavy atom. The molecule has 29 heavy (non-hydrogen) atoms. The zero-order chi connectivity index (χ0) is 20.4. The first-order chi connectivity index (χ1) is 14.0. The summed E-state index contributed by atoms with van der Waals surface area (Å²) in [5, 5.41) is 2.75. The zero-order valence-corrected chi connectivity index (χ0v) is 16.3. The topological polar surface area (TPSA) is 69.6 Å². The number of carbonyl (C=O) groups excluding carboxylic acids is 1. The lowest BCUT2D eigenvalue weighted by atomic mass is 10.0. The van der Waals surface area contributed by atoms with Crippen LogP contribution in [0.15, 0.2) is 65.6 Å². The summed E-state index contributed by atoms with van der Waals surface area (Å²) >= 11 is 0. The molecule has 1 aliphatic heterocycles. The minimum atomic E-state index is -0.460. The summed E-state index contributed by atoms with van der Waals surface area (Å²) in [6, 6.07) is 16.5. The number of ether oxygens (including phenoxy) is 2. The molecule has 0 saturated heterocycles. The van der Waals surface area contributed by atoms with Gasteiger partial charge in [-0.15, -0.1) is 0 Å². The van der Waals surface area contributed by atoms with Crippen LogP contribution in [0, 0.1) is 0 Å². The molecule has 1 aromatic heterocycles. The molecule has 3 aromatic rings. The lowest BCUT2D eigenvalue weighted by Crippen LogP contribution is -2.29. The first-order valence-corrected chi connectivity index (χ1v) is 9.50. The Morgan fingerprint density at radius 3 is 2.59 bits per heavy atom. The highest BCUT2D eigenvalue weighted by Gasteiger charge is 2.16. The van der Waals surface area contributed by atoms with Crippen molar-refractivity contribution in [2.75, 3.05) is 12.1 Å². The second-order valence-corrected chi connectivity index (χ2v) is 7.27. The van der Waals surface area contributed by atoms with Gasteiger partial charge in [0.25, 0.3) is 11.5 Å². The molecule has 6 heteroatoms. The minimum absolute atomic E-state index is 0.0870. The van der Waals surface area contributed by atoms with Crippen molar-refractivity contribution < 1.29 is 14.3 Å². The van der Waals surface area contributed by atoms with Crippen LogP contribution in [0.2, 0.25) is 0 Å². The summed E-state index contributed by atoms with van der Waals surface area (Å²) in [5.41, 5.74) is 2.55. The fourth-order valence-electron chi connectivity index (χ4n) is 3.21. The fourth-order valence-corrected chi connectivity index (χ4v) is 3.21. The van der Waals surface area contributed by atoms with Crippen molar-refractivity contribution in [2.45, 2.75) is 26.3 Å². The van der Waals surface area contributed by atoms with Crippen LogP contribution in [0.4, 0.5) is 5.69 Å². The average molecular weight is 390 g/mol. The maximum absolute atomic E-state index is 12.8. The van der Waals surface area contributed by atoms with E-state index in [2.05, 4.69) is 31.3 Å². The molecule has 148 valence electrons. The van der Waals surface area contributed by atoms with E-state index in [9.17, 15) is 9.59 Å². The van der Waals surface area contributed by atoms with Crippen molar-refractivity contribution in [1.82, 2.24) is 4.57 Å². The summed E-state index contributed by atoms with van der Waals surface area (Å²) in [7, 11) is 0. The van der Waals surface area contributed by atoms with Crippen LogP contribution in [0.5, 0.6) is 11.5 Å². The molecule has 0 radical (unpaired) electrons. The van der Waals surface area contributed by atoms with E-state index in [0.717, 1.165) is 5.56 Å². The Bertz CT molecular complexity index is 1100. The van der Waals surface area contributed by atoms with Crippen LogP contribution in [-0.2, 0) is 6.54 Å². The number of nitrogens with zero attached hydrogens (tertiary/aromatic N) is 1. The molecule has 1 aliphatic rings. The first kappa shape index (κ1) is 18.8. The van der Waals surface area contributed by atoms with Crippen molar-refractivity contribution >= 4 is 11.6 Å². The number of anilines is 1. The number of carbonyl (C=O) groups is 1. The SMILES string of the molecule is CC(C)c1ccc(Cn2cccc(C(=O)Nc3ccc4c(c3)OCO4)c2=O)cc1. The van der Waals surface area contributed by atoms with Crippen LogP contribution < -0.4 is 20.3 Å². The lowest BCUT2D eigenvalue weighted by molar-refractivity contribution is 0.102. The van der Waals surface area contributed by atoms with Crippen LogP contribution in [0.3, 0.4) is 0 Å². The number of benzene rings is 2. The maximum atomic E-state index is 12.8. The van der Waals surface area contributed by atoms with Gasteiger partial charge in [-0.1, -0.05) is 38.1 Å². The van der Waals surface area contributed by atoms with Crippen molar-refractivity contribution in [2.24, 2.45) is 0 Å². The van der Waals surface area contributed by atoms with Gasteiger partial charge in [0.15, 0.2) is 11.5 Å². The molecule has 2 heterocycles. The molecule has 0 spiro atoms. The quantitative estimate of drug-likeness (QED) is 0.715. The zero-order valence-electron chi connectivity index (χ0n) is 16.3. The molecular formula is C23H22N2O4. The third-order valence-electron chi connectivity index (χ3n) is 4.89. The number of amides is 1. The molecule has 0 atom stereocenters. The molecule has 0 aliphatic carbocycles. The molecular weight excluding hydrogens is 368 g/mol. The highest BCUT2D eigenvalue weighted by Crippen LogP contribution is 2.34. The van der Waals surface area contributed by atoms with E-state index in [1.807, 2.05) is 12.1 Å². The minimum Gasteiger partial charge on any atom is -0.454 e. The number of hydrogen-bond acceptors (Lipinski definition) is 4. The van der Waals surface area contributed by atoms with E-state index in [-0.39, 0.29) is 17.9 Å². The normalized spacial score (nSPS) is 12.2. The van der Waals surface area contributed by atoms with Gasteiger partial charge in [-0.25, -0.2) is 0 Å². The van der Waals surface area contributed by atoms with Crippen LogP contribution >= 0.6 is 0 Å². The monoisotopic (exact) mass is 390 g/mol. The standard InChI is InChI=1S/C23H22N2O4/c1-15(2)17-7-5-16(6-8-17)13-25-11-3-4-19(23(25)27)22(26)24-18-9-10-20-21(12-18)29-14-28-20/h3-12,15H,13-14H2,1-2H3,(H,24,26). The van der Waals surface area contributed by atoms with Gasteiger partial charge in [0.1, 0.15) is 5.56 Å². The van der Waals surface area contributed by atoms with Gasteiger partial charge >= 0.3 is 0 Å². The first-order valence-electron chi connectivity index (χ1n) is 9.50. The Labute approximate surface area is 168 Å². The summed E-state index contributed by atoms with van der Waals surface area (Å²) in [4.78, 5) is 25.5. The van der Waals surface area contributed by atoms with Gasteiger partial charge in [-0.2, -0.15) is 0 Å². The predicted molar refractivity (Wildman–Crippen MR) is 111 cm³/mol. The lowest BCUT2D eigenvalue weighted by Gasteiger charge is -2.11. The fraction of sp³-hybridized carbons (Fsp3) is 0.217. The van der Waals surface area contributed by atoms with E-state index in [1.54, 1.807) is 35.0 Å². The largest absolute Gasteiger partial charge is 0.454 e. The Hall–Kier alpha value is -3.54. The van der Waals surface area contributed by atoms with Gasteiger partial charge < -0.3 is 19.4 Å². The van der Waals surface area contributed by atoms with Crippen molar-refractivity contribution in [3.8, 4) is 11.5 Å². The second kappa shape index (κ2) is 7.83. The summed E-state index contributed by atoms with van der Waals surface area (Å²) in [6.45, 7) is 4.85. The van der Waals surface area contributed by atoms with Gasteiger partial charge in [0.05, 0.1) is 6.54 Å². The molecule has 1 N–H and O–H groups in total. The highest BCUT2D eigenvalue weighted by molar-refractivity contribution is 6.04. The van der Waals surface area contributed by atoms with Crippen molar-refractivity contribution in [3.05, 3.63) is 87.8 Å². The molecule has 0 saturated carbocycles. The molecule has 0 bridgehead atoms. The van der Waals surface area contributed by atoms with Crippen molar-refractivity contribution in [3.63, 3.8) is 0 Å². The van der Waals surface area contributed by atoms with Crippen LogP contribution in [0.25, 0.3) is 0 Å². The number of pyridine rings is 1.